The van der Waals surface area contributed by atoms with Crippen molar-refractivity contribution in [3.05, 3.63) is 58.4 Å². The first kappa shape index (κ1) is 27.2. The van der Waals surface area contributed by atoms with Crippen LogP contribution in [0.15, 0.2) is 56.6 Å². The Hall–Kier alpha value is -3.86. The topological polar surface area (TPSA) is 136 Å². The molecule has 1 aromatic heterocycles. The highest BCUT2D eigenvalue weighted by atomic mass is 32.2. The molecule has 2 N–H and O–H groups in total. The molecule has 3 aromatic rings. The summed E-state index contributed by atoms with van der Waals surface area (Å²) < 4.78 is 41.9. The molecule has 0 saturated heterocycles. The summed E-state index contributed by atoms with van der Waals surface area (Å²) >= 11 is 0. The number of amidine groups is 1. The highest BCUT2D eigenvalue weighted by Crippen LogP contribution is 2.34. The molecule has 1 aliphatic rings. The van der Waals surface area contributed by atoms with Crippen LogP contribution in [0.5, 0.6) is 11.5 Å². The van der Waals surface area contributed by atoms with Crippen molar-refractivity contribution < 1.29 is 27.8 Å². The molecule has 0 atom stereocenters. The Bertz CT molecular complexity index is 1600. The summed E-state index contributed by atoms with van der Waals surface area (Å²) in [6, 6.07) is 10.9. The van der Waals surface area contributed by atoms with E-state index in [0.717, 1.165) is 11.0 Å². The van der Waals surface area contributed by atoms with Crippen molar-refractivity contribution in [2.75, 3.05) is 11.9 Å². The van der Waals surface area contributed by atoms with Gasteiger partial charge in [-0.15, -0.1) is 4.40 Å². The summed E-state index contributed by atoms with van der Waals surface area (Å²) in [5.74, 6) is -0.642. The van der Waals surface area contributed by atoms with Crippen LogP contribution in [0.1, 0.15) is 46.6 Å². The second-order valence-corrected chi connectivity index (χ2v) is 12.0. The van der Waals surface area contributed by atoms with E-state index in [1.54, 1.807) is 51.1 Å². The molecule has 1 aliphatic heterocycles. The van der Waals surface area contributed by atoms with Gasteiger partial charge in [-0.3, -0.25) is 14.2 Å². The van der Waals surface area contributed by atoms with Gasteiger partial charge in [-0.1, -0.05) is 26.0 Å². The first-order chi connectivity index (χ1) is 17.8. The number of carbonyl (C=O) groups excluding carboxylic acids is 1. The minimum absolute atomic E-state index is 0.0565. The fourth-order valence-corrected chi connectivity index (χ4v) is 5.14. The third-order valence-corrected chi connectivity index (χ3v) is 7.08. The van der Waals surface area contributed by atoms with Crippen molar-refractivity contribution in [3.8, 4) is 11.5 Å². The number of hydrogen-bond acceptors (Lipinski definition) is 8. The van der Waals surface area contributed by atoms with Crippen LogP contribution < -0.4 is 15.6 Å². The smallest absolute Gasteiger partial charge is 0.326 e. The Morgan fingerprint density at radius 2 is 1.87 bits per heavy atom. The molecule has 0 amide bonds. The van der Waals surface area contributed by atoms with Crippen molar-refractivity contribution in [2.45, 2.75) is 58.1 Å². The second kappa shape index (κ2) is 10.1. The number of ether oxygens (including phenoxy) is 2. The fourth-order valence-electron chi connectivity index (χ4n) is 4.02. The highest BCUT2D eigenvalue weighted by molar-refractivity contribution is 7.90. The number of fused-ring (bicyclic) bond motifs is 2. The van der Waals surface area contributed by atoms with E-state index in [2.05, 4.69) is 23.6 Å². The van der Waals surface area contributed by atoms with Crippen LogP contribution in [0.2, 0.25) is 0 Å². The quantitative estimate of drug-likeness (QED) is 0.428. The molecule has 202 valence electrons. The lowest BCUT2D eigenvalue weighted by Gasteiger charge is -2.22. The second-order valence-electron chi connectivity index (χ2n) is 10.4. The first-order valence-electron chi connectivity index (χ1n) is 12.2. The minimum Gasteiger partial charge on any atom is -0.506 e. The lowest BCUT2D eigenvalue weighted by atomic mass is 10.1. The maximum absolute atomic E-state index is 13.7. The number of benzene rings is 2. The summed E-state index contributed by atoms with van der Waals surface area (Å²) in [5, 5.41) is 14.3. The summed E-state index contributed by atoms with van der Waals surface area (Å²) in [5.41, 5.74) is -1.53. The molecule has 0 unspecified atom stereocenters. The standard InChI is InChI=1S/C27H31N3O7S/c1-16(2)12-13-36-17-10-11-20-18(14-17)24(32)23(26(33)30(20)15-22(31)37-27(3,4)5)25-28-19-8-6-7-9-21(19)38(34,35)29-25/h6-11,14,16,32H,12-13,15H2,1-5H3,(H,28,29). The maximum atomic E-state index is 13.7. The van der Waals surface area contributed by atoms with E-state index in [9.17, 15) is 23.1 Å². The zero-order valence-corrected chi connectivity index (χ0v) is 22.8. The Labute approximate surface area is 221 Å². The van der Waals surface area contributed by atoms with E-state index in [0.29, 0.717) is 18.3 Å². The highest BCUT2D eigenvalue weighted by Gasteiger charge is 2.30. The number of rotatable bonds is 7. The molecule has 0 fully saturated rings. The Morgan fingerprint density at radius 3 is 2.55 bits per heavy atom. The van der Waals surface area contributed by atoms with E-state index in [1.807, 2.05) is 0 Å². The molecule has 0 aliphatic carbocycles. The molecular formula is C27H31N3O7S. The van der Waals surface area contributed by atoms with Gasteiger partial charge in [0.25, 0.3) is 15.6 Å². The number of pyridine rings is 1. The summed E-state index contributed by atoms with van der Waals surface area (Å²) in [6.45, 7) is 9.23. The van der Waals surface area contributed by atoms with Gasteiger partial charge in [0.1, 0.15) is 34.1 Å². The van der Waals surface area contributed by atoms with Gasteiger partial charge in [-0.2, -0.15) is 8.42 Å². The predicted octanol–water partition coefficient (Wildman–Crippen LogP) is 4.03. The van der Waals surface area contributed by atoms with Gasteiger partial charge in [0.2, 0.25) is 0 Å². The molecule has 11 heteroatoms. The van der Waals surface area contributed by atoms with Gasteiger partial charge in [0.15, 0.2) is 5.84 Å². The Balaban J connectivity index is 1.90. The number of nitrogens with one attached hydrogen (secondary N) is 1. The zero-order valence-electron chi connectivity index (χ0n) is 21.9. The number of hydrogen-bond donors (Lipinski definition) is 2. The number of carbonyl (C=O) groups is 1. The SMILES string of the molecule is CC(C)CCOc1ccc2c(c1)c(O)c(C1=NS(=O)(=O)c3ccccc3N1)c(=O)n2CC(=O)OC(C)(C)C. The van der Waals surface area contributed by atoms with Crippen molar-refractivity contribution in [3.63, 3.8) is 0 Å². The van der Waals surface area contributed by atoms with Gasteiger partial charge < -0.3 is 19.9 Å². The van der Waals surface area contributed by atoms with Crippen molar-refractivity contribution in [1.82, 2.24) is 4.57 Å². The zero-order chi connectivity index (χ0) is 27.8. The van der Waals surface area contributed by atoms with E-state index in [4.69, 9.17) is 9.47 Å². The molecule has 4 rings (SSSR count). The molecule has 0 saturated carbocycles. The molecular weight excluding hydrogens is 510 g/mol. The van der Waals surface area contributed by atoms with E-state index in [-0.39, 0.29) is 27.3 Å². The molecule has 2 heterocycles. The van der Waals surface area contributed by atoms with Gasteiger partial charge in [0, 0.05) is 5.39 Å². The first-order valence-corrected chi connectivity index (χ1v) is 13.7. The van der Waals surface area contributed by atoms with Crippen LogP contribution in [0.25, 0.3) is 10.9 Å². The molecule has 0 radical (unpaired) electrons. The van der Waals surface area contributed by atoms with Crippen molar-refractivity contribution in [2.24, 2.45) is 10.3 Å². The maximum Gasteiger partial charge on any atom is 0.326 e. The monoisotopic (exact) mass is 541 g/mol. The fraction of sp³-hybridized carbons (Fsp3) is 0.370. The normalized spacial score (nSPS) is 14.5. The van der Waals surface area contributed by atoms with Crippen LogP contribution in [0.3, 0.4) is 0 Å². The minimum atomic E-state index is -4.16. The third-order valence-electron chi connectivity index (χ3n) is 5.75. The lowest BCUT2D eigenvalue weighted by molar-refractivity contribution is -0.155. The van der Waals surface area contributed by atoms with Gasteiger partial charge >= 0.3 is 5.97 Å². The van der Waals surface area contributed by atoms with Crippen molar-refractivity contribution >= 4 is 38.4 Å². The lowest BCUT2D eigenvalue weighted by Crippen LogP contribution is -2.35. The van der Waals surface area contributed by atoms with Gasteiger partial charge in [-0.05, 0) is 63.4 Å². The van der Waals surface area contributed by atoms with Crippen LogP contribution in [0.4, 0.5) is 5.69 Å². The van der Waals surface area contributed by atoms with Crippen LogP contribution in [-0.4, -0.2) is 42.1 Å². The summed E-state index contributed by atoms with van der Waals surface area (Å²) in [6.07, 6.45) is 0.811. The van der Waals surface area contributed by atoms with Gasteiger partial charge in [0.05, 0.1) is 17.8 Å². The van der Waals surface area contributed by atoms with Gasteiger partial charge in [-0.25, -0.2) is 0 Å². The number of para-hydroxylation sites is 1. The Morgan fingerprint density at radius 1 is 1.16 bits per heavy atom. The van der Waals surface area contributed by atoms with Crippen LogP contribution in [0, 0.1) is 5.92 Å². The van der Waals surface area contributed by atoms with Crippen LogP contribution in [-0.2, 0) is 26.1 Å². The average molecular weight is 542 g/mol. The van der Waals surface area contributed by atoms with Crippen molar-refractivity contribution in [1.29, 1.82) is 0 Å². The molecule has 0 bridgehead atoms. The van der Waals surface area contributed by atoms with E-state index < -0.39 is 45.0 Å². The summed E-state index contributed by atoms with van der Waals surface area (Å²) in [7, 11) is -4.16. The largest absolute Gasteiger partial charge is 0.506 e. The molecule has 38 heavy (non-hydrogen) atoms. The third kappa shape index (κ3) is 5.67. The summed E-state index contributed by atoms with van der Waals surface area (Å²) in [4.78, 5) is 26.4. The van der Waals surface area contributed by atoms with Crippen LogP contribution >= 0.6 is 0 Å². The number of anilines is 1. The number of nitrogens with zero attached hydrogens (tertiary/aromatic N) is 2. The average Bonchev–Trinajstić information content (AvgIpc) is 2.80. The number of sulfonamides is 1. The molecule has 0 spiro atoms. The van der Waals surface area contributed by atoms with E-state index >= 15 is 0 Å². The number of aromatic hydroxyl groups is 1. The molecule has 2 aromatic carbocycles. The Kier molecular flexibility index (Phi) is 7.24. The number of aromatic nitrogens is 1. The molecule has 10 nitrogen and oxygen atoms in total. The number of esters is 1. The predicted molar refractivity (Wildman–Crippen MR) is 144 cm³/mol. The van der Waals surface area contributed by atoms with E-state index in [1.165, 1.54) is 12.1 Å².